The number of nitrogens with one attached hydrogen (secondary N) is 1. The van der Waals surface area contributed by atoms with Crippen LogP contribution < -0.4 is 5.32 Å². The van der Waals surface area contributed by atoms with Crippen molar-refractivity contribution in [1.29, 1.82) is 0 Å². The van der Waals surface area contributed by atoms with E-state index in [9.17, 15) is 0 Å². The number of aromatic nitrogens is 3. The van der Waals surface area contributed by atoms with E-state index in [0.29, 0.717) is 0 Å². The lowest BCUT2D eigenvalue weighted by Gasteiger charge is -2.12. The number of pyridine rings is 1. The van der Waals surface area contributed by atoms with Gasteiger partial charge in [-0.3, -0.25) is 4.98 Å². The smallest absolute Gasteiger partial charge is 0.132 e. The molecule has 4 nitrogen and oxygen atoms in total. The molecule has 0 aliphatic carbocycles. The van der Waals surface area contributed by atoms with Crippen LogP contribution in [0.15, 0.2) is 30.9 Å². The van der Waals surface area contributed by atoms with Gasteiger partial charge in [0.05, 0.1) is 5.69 Å². The third kappa shape index (κ3) is 3.50. The summed E-state index contributed by atoms with van der Waals surface area (Å²) in [6, 6.07) is 4.03. The molecule has 0 fully saturated rings. The first-order valence-electron chi connectivity index (χ1n) is 6.80. The largest absolute Gasteiger partial charge is 0.370 e. The second kappa shape index (κ2) is 6.83. The summed E-state index contributed by atoms with van der Waals surface area (Å²) in [6.45, 7) is 5.23. The monoisotopic (exact) mass is 256 g/mol. The molecule has 19 heavy (non-hydrogen) atoms. The van der Waals surface area contributed by atoms with Gasteiger partial charge in [-0.1, -0.05) is 19.9 Å². The SMILES string of the molecule is CCCNc1ncnc(Cc2cccnc2)c1CC. The summed E-state index contributed by atoms with van der Waals surface area (Å²) in [7, 11) is 0. The van der Waals surface area contributed by atoms with Crippen molar-refractivity contribution in [3.8, 4) is 0 Å². The Morgan fingerprint density at radius 3 is 2.79 bits per heavy atom. The third-order valence-corrected chi connectivity index (χ3v) is 3.02. The molecule has 0 bridgehead atoms. The molecule has 0 saturated heterocycles. The molecule has 2 heterocycles. The van der Waals surface area contributed by atoms with Gasteiger partial charge in [-0.2, -0.15) is 0 Å². The van der Waals surface area contributed by atoms with Gasteiger partial charge in [0.1, 0.15) is 12.1 Å². The summed E-state index contributed by atoms with van der Waals surface area (Å²) in [6.07, 6.45) is 8.15. The van der Waals surface area contributed by atoms with Crippen LogP contribution in [-0.4, -0.2) is 21.5 Å². The van der Waals surface area contributed by atoms with Crippen LogP contribution in [0.1, 0.15) is 37.1 Å². The normalized spacial score (nSPS) is 10.4. The van der Waals surface area contributed by atoms with Gasteiger partial charge in [-0.15, -0.1) is 0 Å². The zero-order valence-corrected chi connectivity index (χ0v) is 11.6. The molecule has 0 atom stereocenters. The number of hydrogen-bond donors (Lipinski definition) is 1. The molecule has 1 N–H and O–H groups in total. The topological polar surface area (TPSA) is 50.7 Å². The maximum atomic E-state index is 4.43. The number of hydrogen-bond acceptors (Lipinski definition) is 4. The lowest BCUT2D eigenvalue weighted by molar-refractivity contribution is 0.916. The van der Waals surface area contributed by atoms with E-state index in [2.05, 4.69) is 40.2 Å². The Bertz CT molecular complexity index is 511. The van der Waals surface area contributed by atoms with Gasteiger partial charge in [0.25, 0.3) is 0 Å². The second-order valence-corrected chi connectivity index (χ2v) is 4.47. The molecule has 0 aromatic carbocycles. The van der Waals surface area contributed by atoms with E-state index < -0.39 is 0 Å². The van der Waals surface area contributed by atoms with Gasteiger partial charge < -0.3 is 5.32 Å². The highest BCUT2D eigenvalue weighted by molar-refractivity contribution is 5.47. The van der Waals surface area contributed by atoms with Gasteiger partial charge >= 0.3 is 0 Å². The maximum absolute atomic E-state index is 4.43. The average molecular weight is 256 g/mol. The van der Waals surface area contributed by atoms with E-state index in [1.54, 1.807) is 12.5 Å². The minimum absolute atomic E-state index is 0.806. The second-order valence-electron chi connectivity index (χ2n) is 4.47. The van der Waals surface area contributed by atoms with Gasteiger partial charge in [0, 0.05) is 30.9 Å². The van der Waals surface area contributed by atoms with Gasteiger partial charge in [-0.05, 0) is 24.5 Å². The van der Waals surface area contributed by atoms with Crippen molar-refractivity contribution in [3.63, 3.8) is 0 Å². The highest BCUT2D eigenvalue weighted by atomic mass is 15.0. The molecule has 2 aromatic rings. The predicted octanol–water partition coefficient (Wildman–Crippen LogP) is 2.85. The number of rotatable bonds is 6. The van der Waals surface area contributed by atoms with Crippen molar-refractivity contribution in [2.45, 2.75) is 33.1 Å². The number of nitrogens with zero attached hydrogens (tertiary/aromatic N) is 3. The Labute approximate surface area is 114 Å². The van der Waals surface area contributed by atoms with E-state index >= 15 is 0 Å². The molecule has 0 saturated carbocycles. The Morgan fingerprint density at radius 1 is 1.21 bits per heavy atom. The predicted molar refractivity (Wildman–Crippen MR) is 77.2 cm³/mol. The van der Waals surface area contributed by atoms with Crippen LogP contribution in [0.2, 0.25) is 0 Å². The van der Waals surface area contributed by atoms with Crippen molar-refractivity contribution < 1.29 is 0 Å². The van der Waals surface area contributed by atoms with Crippen molar-refractivity contribution in [2.75, 3.05) is 11.9 Å². The molecule has 2 aromatic heterocycles. The minimum atomic E-state index is 0.806. The van der Waals surface area contributed by atoms with Crippen LogP contribution in [0.5, 0.6) is 0 Å². The van der Waals surface area contributed by atoms with E-state index in [4.69, 9.17) is 0 Å². The van der Waals surface area contributed by atoms with Crippen molar-refractivity contribution in [3.05, 3.63) is 47.7 Å². The van der Waals surface area contributed by atoms with Crippen molar-refractivity contribution >= 4 is 5.82 Å². The molecule has 100 valence electrons. The van der Waals surface area contributed by atoms with Crippen LogP contribution in [0.25, 0.3) is 0 Å². The van der Waals surface area contributed by atoms with E-state index in [0.717, 1.165) is 37.3 Å². The molecule has 0 spiro atoms. The highest BCUT2D eigenvalue weighted by Crippen LogP contribution is 2.18. The molecule has 0 amide bonds. The molecule has 0 aliphatic rings. The van der Waals surface area contributed by atoms with Crippen LogP contribution in [0.3, 0.4) is 0 Å². The fourth-order valence-electron chi connectivity index (χ4n) is 2.06. The Balaban J connectivity index is 2.24. The zero-order chi connectivity index (χ0) is 13.5. The lowest BCUT2D eigenvalue weighted by atomic mass is 10.1. The van der Waals surface area contributed by atoms with Crippen molar-refractivity contribution in [1.82, 2.24) is 15.0 Å². The maximum Gasteiger partial charge on any atom is 0.132 e. The number of anilines is 1. The van der Waals surface area contributed by atoms with E-state index in [1.807, 2.05) is 12.3 Å². The standard InChI is InChI=1S/C15H20N4/c1-3-7-17-15-13(4-2)14(18-11-19-15)9-12-6-5-8-16-10-12/h5-6,8,10-11H,3-4,7,9H2,1-2H3,(H,17,18,19). The summed E-state index contributed by atoms with van der Waals surface area (Å²) in [5, 5.41) is 3.37. The summed E-state index contributed by atoms with van der Waals surface area (Å²) in [4.78, 5) is 12.9. The van der Waals surface area contributed by atoms with Crippen LogP contribution in [0, 0.1) is 0 Å². The summed E-state index contributed by atoms with van der Waals surface area (Å²) in [5.74, 6) is 0.971. The molecule has 4 heteroatoms. The third-order valence-electron chi connectivity index (χ3n) is 3.02. The van der Waals surface area contributed by atoms with Crippen LogP contribution in [-0.2, 0) is 12.8 Å². The summed E-state index contributed by atoms with van der Waals surface area (Å²) >= 11 is 0. The first kappa shape index (κ1) is 13.5. The van der Waals surface area contributed by atoms with Crippen LogP contribution >= 0.6 is 0 Å². The Hall–Kier alpha value is -1.97. The average Bonchev–Trinajstić information content (AvgIpc) is 2.46. The molecule has 0 radical (unpaired) electrons. The highest BCUT2D eigenvalue weighted by Gasteiger charge is 2.09. The fourth-order valence-corrected chi connectivity index (χ4v) is 2.06. The summed E-state index contributed by atoms with van der Waals surface area (Å²) < 4.78 is 0. The first-order valence-corrected chi connectivity index (χ1v) is 6.80. The molecule has 0 unspecified atom stereocenters. The molecule has 0 aliphatic heterocycles. The fraction of sp³-hybridized carbons (Fsp3) is 0.400. The van der Waals surface area contributed by atoms with Gasteiger partial charge in [0.15, 0.2) is 0 Å². The van der Waals surface area contributed by atoms with Gasteiger partial charge in [-0.25, -0.2) is 9.97 Å². The quantitative estimate of drug-likeness (QED) is 0.863. The minimum Gasteiger partial charge on any atom is -0.370 e. The Kier molecular flexibility index (Phi) is 4.84. The first-order chi connectivity index (χ1) is 9.35. The Morgan fingerprint density at radius 2 is 2.11 bits per heavy atom. The van der Waals surface area contributed by atoms with Crippen molar-refractivity contribution in [2.24, 2.45) is 0 Å². The molecular weight excluding hydrogens is 236 g/mol. The molecular formula is C15H20N4. The van der Waals surface area contributed by atoms with E-state index in [1.165, 1.54) is 11.1 Å². The van der Waals surface area contributed by atoms with E-state index in [-0.39, 0.29) is 0 Å². The zero-order valence-electron chi connectivity index (χ0n) is 11.6. The molecule has 2 rings (SSSR count). The van der Waals surface area contributed by atoms with Crippen LogP contribution in [0.4, 0.5) is 5.82 Å². The van der Waals surface area contributed by atoms with Gasteiger partial charge in [0.2, 0.25) is 0 Å². The summed E-state index contributed by atoms with van der Waals surface area (Å²) in [5.41, 5.74) is 3.47. The lowest BCUT2D eigenvalue weighted by Crippen LogP contribution is -2.09.